The minimum absolute atomic E-state index is 0.296. The Kier molecular flexibility index (Phi) is 12.9. The van der Waals surface area contributed by atoms with Crippen molar-refractivity contribution in [2.45, 2.75) is 13.1 Å². The van der Waals surface area contributed by atoms with E-state index in [1.807, 2.05) is 45.2 Å². The number of hydrogen-bond donors (Lipinski definition) is 2. The van der Waals surface area contributed by atoms with Crippen LogP contribution in [0.2, 0.25) is 0 Å². The molecule has 0 bridgehead atoms. The fraction of sp³-hybridized carbons (Fsp3) is 0.100. The van der Waals surface area contributed by atoms with E-state index in [0.29, 0.717) is 13.1 Å². The summed E-state index contributed by atoms with van der Waals surface area (Å²) in [6.07, 6.45) is 6.52. The summed E-state index contributed by atoms with van der Waals surface area (Å²) >= 11 is 3.85. The van der Waals surface area contributed by atoms with Gasteiger partial charge in [0, 0.05) is 83.1 Å². The van der Waals surface area contributed by atoms with Crippen LogP contribution in [-0.4, -0.2) is 21.8 Å². The van der Waals surface area contributed by atoms with Gasteiger partial charge >= 0.3 is 11.8 Å². The molecular formula is C20H14I2N4O2. The minimum atomic E-state index is -0.657. The van der Waals surface area contributed by atoms with E-state index >= 15 is 0 Å². The number of carbonyl (C=O) groups is 2. The molecule has 0 aliphatic rings. The molecule has 0 aliphatic carbocycles. The summed E-state index contributed by atoms with van der Waals surface area (Å²) in [7, 11) is 0. The molecule has 0 saturated carbocycles. The molecule has 28 heavy (non-hydrogen) atoms. The van der Waals surface area contributed by atoms with Gasteiger partial charge in [0.2, 0.25) is 0 Å². The standard InChI is InChI=1S/C14H14N4O2.C6I2/c19-13(17-9-11-1-5-15-6-2-11)14(20)18-10-12-3-7-16-8-4-12;7-5-3-1-2-4-6-8/h1-8H,9-10H2,(H,17,19)(H,18,20);. The van der Waals surface area contributed by atoms with Crippen LogP contribution in [0.1, 0.15) is 11.1 Å². The second-order valence-corrected chi connectivity index (χ2v) is 5.84. The molecule has 0 radical (unpaired) electrons. The van der Waals surface area contributed by atoms with Crippen molar-refractivity contribution in [3.63, 3.8) is 0 Å². The van der Waals surface area contributed by atoms with Gasteiger partial charge in [0.15, 0.2) is 0 Å². The van der Waals surface area contributed by atoms with E-state index in [4.69, 9.17) is 0 Å². The summed E-state index contributed by atoms with van der Waals surface area (Å²) in [5.41, 5.74) is 1.77. The number of halogens is 2. The van der Waals surface area contributed by atoms with Crippen molar-refractivity contribution in [1.29, 1.82) is 0 Å². The van der Waals surface area contributed by atoms with Crippen molar-refractivity contribution in [2.24, 2.45) is 0 Å². The van der Waals surface area contributed by atoms with Crippen LogP contribution in [0, 0.1) is 31.5 Å². The van der Waals surface area contributed by atoms with Gasteiger partial charge in [-0.3, -0.25) is 19.6 Å². The van der Waals surface area contributed by atoms with Gasteiger partial charge in [-0.2, -0.15) is 0 Å². The number of carbonyl (C=O) groups excluding carboxylic acids is 2. The van der Waals surface area contributed by atoms with Gasteiger partial charge in [-0.25, -0.2) is 0 Å². The Balaban J connectivity index is 0.000000416. The van der Waals surface area contributed by atoms with E-state index in [0.717, 1.165) is 11.1 Å². The number of pyridine rings is 2. The largest absolute Gasteiger partial charge is 0.344 e. The van der Waals surface area contributed by atoms with Crippen LogP contribution < -0.4 is 10.6 Å². The summed E-state index contributed by atoms with van der Waals surface area (Å²) in [4.78, 5) is 30.9. The molecule has 0 saturated heterocycles. The summed E-state index contributed by atoms with van der Waals surface area (Å²) in [5.74, 6) is 8.87. The van der Waals surface area contributed by atoms with Crippen LogP contribution in [0.25, 0.3) is 0 Å². The number of rotatable bonds is 4. The van der Waals surface area contributed by atoms with Crippen molar-refractivity contribution < 1.29 is 9.59 Å². The first-order valence-corrected chi connectivity index (χ1v) is 9.88. The fourth-order valence-corrected chi connectivity index (χ4v) is 1.91. The number of nitrogens with zero attached hydrogens (tertiary/aromatic N) is 2. The third kappa shape index (κ3) is 11.2. The summed E-state index contributed by atoms with van der Waals surface area (Å²) in [6, 6.07) is 7.09. The Labute approximate surface area is 191 Å². The van der Waals surface area contributed by atoms with E-state index in [1.54, 1.807) is 49.1 Å². The molecule has 8 heteroatoms. The Morgan fingerprint density at radius 3 is 1.39 bits per heavy atom. The zero-order valence-electron chi connectivity index (χ0n) is 14.5. The Bertz CT molecular complexity index is 870. The predicted octanol–water partition coefficient (Wildman–Crippen LogP) is 2.19. The smallest absolute Gasteiger partial charge is 0.309 e. The number of amides is 2. The molecule has 0 spiro atoms. The number of nitrogens with one attached hydrogen (secondary N) is 2. The van der Waals surface area contributed by atoms with E-state index in [1.165, 1.54) is 0 Å². The Morgan fingerprint density at radius 1 is 0.714 bits per heavy atom. The third-order valence-corrected chi connectivity index (χ3v) is 3.43. The van der Waals surface area contributed by atoms with Crippen LogP contribution in [0.15, 0.2) is 49.1 Å². The monoisotopic (exact) mass is 596 g/mol. The minimum Gasteiger partial charge on any atom is -0.344 e. The second kappa shape index (κ2) is 15.4. The van der Waals surface area contributed by atoms with Crippen molar-refractivity contribution in [3.05, 3.63) is 60.2 Å². The van der Waals surface area contributed by atoms with E-state index in [2.05, 4.69) is 52.1 Å². The SMILES string of the molecule is IC#CC#CC#CI.O=C(NCc1ccncc1)C(=O)NCc1ccncc1. The number of hydrogen-bond acceptors (Lipinski definition) is 4. The van der Waals surface area contributed by atoms with Crippen LogP contribution in [-0.2, 0) is 22.7 Å². The van der Waals surface area contributed by atoms with Crippen molar-refractivity contribution in [1.82, 2.24) is 20.6 Å². The Hall–Kier alpha value is -2.62. The molecular weight excluding hydrogens is 582 g/mol. The topological polar surface area (TPSA) is 84.0 Å². The first kappa shape index (κ1) is 23.4. The lowest BCUT2D eigenvalue weighted by Gasteiger charge is -2.06. The molecule has 0 fully saturated rings. The van der Waals surface area contributed by atoms with Gasteiger partial charge in [0.25, 0.3) is 0 Å². The van der Waals surface area contributed by atoms with Crippen molar-refractivity contribution >= 4 is 57.0 Å². The van der Waals surface area contributed by atoms with Crippen molar-refractivity contribution in [3.8, 4) is 31.5 Å². The first-order chi connectivity index (χ1) is 13.7. The van der Waals surface area contributed by atoms with Gasteiger partial charge in [-0.15, -0.1) is 0 Å². The van der Waals surface area contributed by atoms with E-state index < -0.39 is 11.8 Å². The highest BCUT2D eigenvalue weighted by molar-refractivity contribution is 14.1. The predicted molar refractivity (Wildman–Crippen MR) is 124 cm³/mol. The molecule has 2 N–H and O–H groups in total. The van der Waals surface area contributed by atoms with Crippen LogP contribution >= 0.6 is 45.2 Å². The normalized spacial score (nSPS) is 8.07. The van der Waals surface area contributed by atoms with E-state index in [9.17, 15) is 9.59 Å². The maximum Gasteiger partial charge on any atom is 0.309 e. The zero-order chi connectivity index (χ0) is 20.5. The third-order valence-electron chi connectivity index (χ3n) is 2.89. The quantitative estimate of drug-likeness (QED) is 0.323. The average Bonchev–Trinajstić information content (AvgIpc) is 2.75. The highest BCUT2D eigenvalue weighted by Gasteiger charge is 2.12. The molecule has 2 amide bonds. The number of aromatic nitrogens is 2. The molecule has 2 heterocycles. The zero-order valence-corrected chi connectivity index (χ0v) is 18.8. The van der Waals surface area contributed by atoms with Crippen molar-refractivity contribution in [2.75, 3.05) is 0 Å². The molecule has 6 nitrogen and oxygen atoms in total. The summed E-state index contributed by atoms with van der Waals surface area (Å²) in [5, 5.41) is 5.09. The lowest BCUT2D eigenvalue weighted by Crippen LogP contribution is -2.39. The van der Waals surface area contributed by atoms with E-state index in [-0.39, 0.29) is 0 Å². The van der Waals surface area contributed by atoms with Crippen LogP contribution in [0.5, 0.6) is 0 Å². The summed E-state index contributed by atoms with van der Waals surface area (Å²) in [6.45, 7) is 0.591. The molecule has 140 valence electrons. The second-order valence-electron chi connectivity index (χ2n) is 4.77. The fourth-order valence-electron chi connectivity index (χ4n) is 1.64. The molecule has 0 unspecified atom stereocenters. The Morgan fingerprint density at radius 2 is 1.07 bits per heavy atom. The first-order valence-electron chi connectivity index (χ1n) is 7.72. The van der Waals surface area contributed by atoms with Gasteiger partial charge in [0.05, 0.1) is 0 Å². The summed E-state index contributed by atoms with van der Waals surface area (Å²) < 4.78 is 5.21. The van der Waals surface area contributed by atoms with Crippen LogP contribution in [0.3, 0.4) is 0 Å². The van der Waals surface area contributed by atoms with Gasteiger partial charge < -0.3 is 10.6 Å². The molecule has 0 atom stereocenters. The highest BCUT2D eigenvalue weighted by atomic mass is 127. The maximum atomic E-state index is 11.6. The lowest BCUT2D eigenvalue weighted by atomic mass is 10.2. The molecule has 2 aromatic heterocycles. The van der Waals surface area contributed by atoms with Gasteiger partial charge in [-0.05, 0) is 66.9 Å². The molecule has 2 rings (SSSR count). The highest BCUT2D eigenvalue weighted by Crippen LogP contribution is 1.96. The molecule has 0 aliphatic heterocycles. The van der Waals surface area contributed by atoms with Crippen LogP contribution in [0.4, 0.5) is 0 Å². The average molecular weight is 596 g/mol. The molecule has 2 aromatic rings. The maximum absolute atomic E-state index is 11.6. The van der Waals surface area contributed by atoms with Gasteiger partial charge in [-0.1, -0.05) is 0 Å². The lowest BCUT2D eigenvalue weighted by molar-refractivity contribution is -0.139. The molecule has 0 aromatic carbocycles. The van der Waals surface area contributed by atoms with Gasteiger partial charge in [0.1, 0.15) is 0 Å².